The van der Waals surface area contributed by atoms with E-state index in [-0.39, 0.29) is 36.7 Å². The molecule has 0 bridgehead atoms. The predicted molar refractivity (Wildman–Crippen MR) is 115 cm³/mol. The van der Waals surface area contributed by atoms with Crippen LogP contribution in [0.3, 0.4) is 0 Å². The van der Waals surface area contributed by atoms with E-state index < -0.39 is 11.9 Å². The van der Waals surface area contributed by atoms with Crippen LogP contribution in [0, 0.1) is 0 Å². The molecule has 1 N–H and O–H groups in total. The Balaban J connectivity index is 2.13. The van der Waals surface area contributed by atoms with Gasteiger partial charge in [-0.15, -0.1) is 0 Å². The van der Waals surface area contributed by atoms with E-state index in [1.165, 1.54) is 18.2 Å². The van der Waals surface area contributed by atoms with Gasteiger partial charge in [-0.1, -0.05) is 6.07 Å². The molecular formula is C23H27NO7. The van der Waals surface area contributed by atoms with Gasteiger partial charge in [-0.2, -0.15) is 0 Å². The summed E-state index contributed by atoms with van der Waals surface area (Å²) in [6.07, 6.45) is 0.655. The van der Waals surface area contributed by atoms with Crippen LogP contribution in [0.5, 0.6) is 11.5 Å². The number of rotatable bonds is 10. The fourth-order valence-corrected chi connectivity index (χ4v) is 2.88. The summed E-state index contributed by atoms with van der Waals surface area (Å²) in [6, 6.07) is 9.76. The van der Waals surface area contributed by atoms with Gasteiger partial charge in [0.05, 0.1) is 38.6 Å². The second-order valence-corrected chi connectivity index (χ2v) is 6.48. The van der Waals surface area contributed by atoms with Gasteiger partial charge in [-0.25, -0.2) is 9.59 Å². The van der Waals surface area contributed by atoms with E-state index in [1.54, 1.807) is 34.1 Å². The number of esters is 2. The largest absolute Gasteiger partial charge is 0.493 e. The summed E-state index contributed by atoms with van der Waals surface area (Å²) in [6.45, 7) is 3.75. The third-order valence-corrected chi connectivity index (χ3v) is 4.33. The molecule has 0 saturated heterocycles. The fraction of sp³-hybridized carbons (Fsp3) is 0.348. The predicted octanol–water partition coefficient (Wildman–Crippen LogP) is 3.63. The molecule has 0 atom stereocenters. The molecule has 8 heteroatoms. The second-order valence-electron chi connectivity index (χ2n) is 6.48. The number of methoxy groups -OCH3 is 2. The zero-order valence-electron chi connectivity index (χ0n) is 18.2. The minimum Gasteiger partial charge on any atom is -0.493 e. The topological polar surface area (TPSA) is 100 Å². The third-order valence-electron chi connectivity index (χ3n) is 4.33. The van der Waals surface area contributed by atoms with E-state index in [0.717, 1.165) is 5.56 Å². The van der Waals surface area contributed by atoms with Crippen LogP contribution in [0.4, 0.5) is 5.69 Å². The highest BCUT2D eigenvalue weighted by molar-refractivity contribution is 5.99. The first-order chi connectivity index (χ1) is 14.9. The summed E-state index contributed by atoms with van der Waals surface area (Å²) in [4.78, 5) is 36.7. The van der Waals surface area contributed by atoms with Gasteiger partial charge >= 0.3 is 11.9 Å². The number of nitrogens with one attached hydrogen (secondary N) is 1. The van der Waals surface area contributed by atoms with Crippen molar-refractivity contribution >= 4 is 23.5 Å². The molecule has 0 heterocycles. The van der Waals surface area contributed by atoms with Crippen LogP contribution < -0.4 is 14.8 Å². The van der Waals surface area contributed by atoms with Crippen molar-refractivity contribution in [3.63, 3.8) is 0 Å². The lowest BCUT2D eigenvalue weighted by Crippen LogP contribution is -2.15. The Kier molecular flexibility index (Phi) is 8.87. The molecule has 166 valence electrons. The van der Waals surface area contributed by atoms with E-state index in [4.69, 9.17) is 18.9 Å². The summed E-state index contributed by atoms with van der Waals surface area (Å²) >= 11 is 0. The van der Waals surface area contributed by atoms with E-state index in [9.17, 15) is 14.4 Å². The molecule has 0 aliphatic carbocycles. The van der Waals surface area contributed by atoms with Gasteiger partial charge in [0.25, 0.3) is 0 Å². The smallest absolute Gasteiger partial charge is 0.338 e. The zero-order chi connectivity index (χ0) is 22.8. The minimum atomic E-state index is -0.588. The van der Waals surface area contributed by atoms with Crippen LogP contribution >= 0.6 is 0 Å². The van der Waals surface area contributed by atoms with Crippen molar-refractivity contribution in [2.75, 3.05) is 32.8 Å². The van der Waals surface area contributed by atoms with Crippen molar-refractivity contribution in [2.24, 2.45) is 0 Å². The number of hydrogen-bond acceptors (Lipinski definition) is 7. The van der Waals surface area contributed by atoms with Crippen molar-refractivity contribution in [1.29, 1.82) is 0 Å². The van der Waals surface area contributed by atoms with Crippen LogP contribution in [-0.2, 0) is 20.7 Å². The Morgan fingerprint density at radius 2 is 1.39 bits per heavy atom. The van der Waals surface area contributed by atoms with Crippen LogP contribution in [0.1, 0.15) is 46.5 Å². The lowest BCUT2D eigenvalue weighted by atomic mass is 10.1. The zero-order valence-corrected chi connectivity index (χ0v) is 18.2. The highest BCUT2D eigenvalue weighted by Crippen LogP contribution is 2.28. The molecule has 0 aliphatic rings. The van der Waals surface area contributed by atoms with Crippen molar-refractivity contribution in [3.05, 3.63) is 53.1 Å². The summed E-state index contributed by atoms with van der Waals surface area (Å²) in [5, 5.41) is 2.73. The number of carbonyl (C=O) groups excluding carboxylic acids is 3. The highest BCUT2D eigenvalue weighted by Gasteiger charge is 2.16. The van der Waals surface area contributed by atoms with Crippen LogP contribution in [-0.4, -0.2) is 45.3 Å². The Hall–Kier alpha value is -3.55. The number of aryl methyl sites for hydroxylation is 1. The molecule has 0 spiro atoms. The molecular weight excluding hydrogens is 402 g/mol. The molecule has 0 radical (unpaired) electrons. The summed E-state index contributed by atoms with van der Waals surface area (Å²) in [7, 11) is 3.10. The average molecular weight is 429 g/mol. The Labute approximate surface area is 181 Å². The lowest BCUT2D eigenvalue weighted by Gasteiger charge is -2.11. The van der Waals surface area contributed by atoms with Crippen LogP contribution in [0.25, 0.3) is 0 Å². The molecule has 0 fully saturated rings. The van der Waals surface area contributed by atoms with Gasteiger partial charge in [0.1, 0.15) is 0 Å². The van der Waals surface area contributed by atoms with E-state index in [1.807, 2.05) is 12.1 Å². The van der Waals surface area contributed by atoms with Gasteiger partial charge in [0.15, 0.2) is 11.5 Å². The van der Waals surface area contributed by atoms with Crippen molar-refractivity contribution in [2.45, 2.75) is 26.7 Å². The van der Waals surface area contributed by atoms with Crippen LogP contribution in [0.15, 0.2) is 36.4 Å². The molecule has 31 heavy (non-hydrogen) atoms. The first kappa shape index (κ1) is 23.7. The quantitative estimate of drug-likeness (QED) is 0.576. The number of carbonyl (C=O) groups is 3. The summed E-state index contributed by atoms with van der Waals surface area (Å²) in [5.41, 5.74) is 1.52. The number of anilines is 1. The van der Waals surface area contributed by atoms with Gasteiger partial charge in [-0.05, 0) is 56.2 Å². The Bertz CT molecular complexity index is 903. The summed E-state index contributed by atoms with van der Waals surface area (Å²) < 4.78 is 20.5. The minimum absolute atomic E-state index is 0.155. The maximum absolute atomic E-state index is 12.5. The van der Waals surface area contributed by atoms with Gasteiger partial charge in [-0.3, -0.25) is 4.79 Å². The first-order valence-electron chi connectivity index (χ1n) is 9.91. The maximum atomic E-state index is 12.5. The monoisotopic (exact) mass is 429 g/mol. The van der Waals surface area contributed by atoms with Crippen molar-refractivity contribution in [1.82, 2.24) is 0 Å². The lowest BCUT2D eigenvalue weighted by molar-refractivity contribution is -0.116. The molecule has 8 nitrogen and oxygen atoms in total. The van der Waals surface area contributed by atoms with Gasteiger partial charge in [0, 0.05) is 12.1 Å². The van der Waals surface area contributed by atoms with Crippen molar-refractivity contribution in [3.8, 4) is 11.5 Å². The molecule has 0 unspecified atom stereocenters. The standard InChI is InChI=1S/C23H27NO7/c1-5-30-22(26)16-12-17(23(27)31-6-2)14-18(13-16)24-21(25)10-8-15-7-9-19(28-3)20(11-15)29-4/h7,9,11-14H,5-6,8,10H2,1-4H3,(H,24,25). The Morgan fingerprint density at radius 3 is 1.90 bits per heavy atom. The highest BCUT2D eigenvalue weighted by atomic mass is 16.5. The van der Waals surface area contributed by atoms with E-state index in [2.05, 4.69) is 5.32 Å². The third kappa shape index (κ3) is 6.74. The van der Waals surface area contributed by atoms with E-state index >= 15 is 0 Å². The molecule has 0 saturated carbocycles. The van der Waals surface area contributed by atoms with Gasteiger partial charge in [0.2, 0.25) is 5.91 Å². The van der Waals surface area contributed by atoms with Crippen LogP contribution in [0.2, 0.25) is 0 Å². The number of benzene rings is 2. The molecule has 2 aromatic carbocycles. The fourth-order valence-electron chi connectivity index (χ4n) is 2.88. The molecule has 0 aromatic heterocycles. The van der Waals surface area contributed by atoms with E-state index in [0.29, 0.717) is 23.6 Å². The SMILES string of the molecule is CCOC(=O)c1cc(NC(=O)CCc2ccc(OC)c(OC)c2)cc(C(=O)OCC)c1. The molecule has 0 aliphatic heterocycles. The second kappa shape index (κ2) is 11.6. The number of hydrogen-bond donors (Lipinski definition) is 1. The number of ether oxygens (including phenoxy) is 4. The Morgan fingerprint density at radius 1 is 0.806 bits per heavy atom. The summed E-state index contributed by atoms with van der Waals surface area (Å²) in [5.74, 6) is -0.255. The average Bonchev–Trinajstić information content (AvgIpc) is 2.77. The molecule has 2 aromatic rings. The maximum Gasteiger partial charge on any atom is 0.338 e. The first-order valence-corrected chi connectivity index (χ1v) is 9.91. The van der Waals surface area contributed by atoms with Crippen molar-refractivity contribution < 1.29 is 33.3 Å². The molecule has 1 amide bonds. The van der Waals surface area contributed by atoms with Gasteiger partial charge < -0.3 is 24.3 Å². The number of amides is 1. The normalized spacial score (nSPS) is 10.2. The molecule has 2 rings (SSSR count).